The molecule has 1 unspecified atom stereocenters. The highest BCUT2D eigenvalue weighted by Gasteiger charge is 2.70. The van der Waals surface area contributed by atoms with Crippen LogP contribution in [0.5, 0.6) is 0 Å². The summed E-state index contributed by atoms with van der Waals surface area (Å²) >= 11 is 0. The molecule has 0 saturated heterocycles. The third-order valence-electron chi connectivity index (χ3n) is 2.02. The van der Waals surface area contributed by atoms with Crippen LogP contribution in [0.4, 0.5) is 8.78 Å². The lowest BCUT2D eigenvalue weighted by Gasteiger charge is -2.10. The largest absolute Gasteiger partial charge is 0.384 e. The van der Waals surface area contributed by atoms with Crippen molar-refractivity contribution >= 4 is 0 Å². The summed E-state index contributed by atoms with van der Waals surface area (Å²) in [5, 5.41) is 0. The van der Waals surface area contributed by atoms with E-state index in [4.69, 9.17) is 5.73 Å². The van der Waals surface area contributed by atoms with E-state index in [0.717, 1.165) is 0 Å². The average Bonchev–Trinajstić information content (AvgIpc) is 2.37. The first-order valence-electron chi connectivity index (χ1n) is 3.15. The lowest BCUT2D eigenvalue weighted by molar-refractivity contribution is 0.0272. The molecule has 0 amide bonds. The van der Waals surface area contributed by atoms with Crippen LogP contribution in [0.15, 0.2) is 0 Å². The molecule has 0 aromatic heterocycles. The van der Waals surface area contributed by atoms with Gasteiger partial charge >= 0.3 is 0 Å². The van der Waals surface area contributed by atoms with E-state index in [1.165, 1.54) is 7.11 Å². The van der Waals surface area contributed by atoms with Gasteiger partial charge in [-0.15, -0.1) is 0 Å². The van der Waals surface area contributed by atoms with Crippen molar-refractivity contribution in [3.63, 3.8) is 0 Å². The molecule has 0 aliphatic heterocycles. The van der Waals surface area contributed by atoms with Gasteiger partial charge in [-0.2, -0.15) is 0 Å². The molecule has 1 atom stereocenters. The van der Waals surface area contributed by atoms with Crippen LogP contribution in [-0.2, 0) is 4.74 Å². The average molecular weight is 151 g/mol. The van der Waals surface area contributed by atoms with Crippen LogP contribution < -0.4 is 5.73 Å². The van der Waals surface area contributed by atoms with Gasteiger partial charge in [-0.05, 0) is 0 Å². The van der Waals surface area contributed by atoms with E-state index in [-0.39, 0.29) is 19.6 Å². The van der Waals surface area contributed by atoms with Gasteiger partial charge in [0.25, 0.3) is 5.92 Å². The summed E-state index contributed by atoms with van der Waals surface area (Å²) in [4.78, 5) is 0. The molecule has 1 rings (SSSR count). The Morgan fingerprint density at radius 2 is 2.10 bits per heavy atom. The van der Waals surface area contributed by atoms with Crippen LogP contribution in [0.2, 0.25) is 0 Å². The summed E-state index contributed by atoms with van der Waals surface area (Å²) in [6, 6.07) is 0. The fraction of sp³-hybridized carbons (Fsp3) is 1.00. The molecule has 2 N–H and O–H groups in total. The van der Waals surface area contributed by atoms with Gasteiger partial charge in [0.15, 0.2) is 0 Å². The Bertz CT molecular complexity index is 140. The Labute approximate surface area is 58.3 Å². The molecule has 1 aliphatic rings. The molecular weight excluding hydrogens is 140 g/mol. The monoisotopic (exact) mass is 151 g/mol. The normalized spacial score (nSPS) is 36.0. The first kappa shape index (κ1) is 7.88. The Hall–Kier alpha value is -0.220. The highest BCUT2D eigenvalue weighted by Crippen LogP contribution is 2.59. The van der Waals surface area contributed by atoms with Gasteiger partial charge in [-0.3, -0.25) is 0 Å². The molecule has 0 aromatic carbocycles. The van der Waals surface area contributed by atoms with E-state index in [0.29, 0.717) is 0 Å². The van der Waals surface area contributed by atoms with Gasteiger partial charge in [0, 0.05) is 20.1 Å². The summed E-state index contributed by atoms with van der Waals surface area (Å²) < 4.78 is 29.6. The standard InChI is InChI=1S/C6H11F2NO/c1-10-4-5(3-9)2-6(5,7)8/h2-4,9H2,1H3. The number of alkyl halides is 2. The molecule has 2 nitrogen and oxygen atoms in total. The molecular formula is C6H11F2NO. The summed E-state index contributed by atoms with van der Waals surface area (Å²) in [7, 11) is 1.41. The molecule has 1 aliphatic carbocycles. The lowest BCUT2D eigenvalue weighted by atomic mass is 10.1. The number of rotatable bonds is 3. The molecule has 0 heterocycles. The highest BCUT2D eigenvalue weighted by molar-refractivity contribution is 5.10. The van der Waals surface area contributed by atoms with E-state index in [2.05, 4.69) is 4.74 Å². The predicted molar refractivity (Wildman–Crippen MR) is 32.9 cm³/mol. The molecule has 0 aromatic rings. The summed E-state index contributed by atoms with van der Waals surface area (Å²) in [5.41, 5.74) is 4.13. The SMILES string of the molecule is COCC1(CN)CC1(F)F. The fourth-order valence-electron chi connectivity index (χ4n) is 1.09. The van der Waals surface area contributed by atoms with Crippen molar-refractivity contribution in [2.75, 3.05) is 20.3 Å². The van der Waals surface area contributed by atoms with Crippen LogP contribution in [0.3, 0.4) is 0 Å². The van der Waals surface area contributed by atoms with E-state index in [1.807, 2.05) is 0 Å². The quantitative estimate of drug-likeness (QED) is 0.641. The van der Waals surface area contributed by atoms with Gasteiger partial charge in [-0.25, -0.2) is 8.78 Å². The van der Waals surface area contributed by atoms with Gasteiger partial charge in [0.05, 0.1) is 12.0 Å². The molecule has 0 radical (unpaired) electrons. The summed E-state index contributed by atoms with van der Waals surface area (Å²) in [5.74, 6) is -2.59. The molecule has 0 bridgehead atoms. The first-order valence-corrected chi connectivity index (χ1v) is 3.15. The van der Waals surface area contributed by atoms with Crippen molar-refractivity contribution in [1.82, 2.24) is 0 Å². The molecule has 4 heteroatoms. The lowest BCUT2D eigenvalue weighted by Crippen LogP contribution is -2.26. The highest BCUT2D eigenvalue weighted by atomic mass is 19.3. The van der Waals surface area contributed by atoms with Crippen LogP contribution in [0.1, 0.15) is 6.42 Å². The molecule has 0 spiro atoms. The molecule has 10 heavy (non-hydrogen) atoms. The second-order valence-corrected chi connectivity index (χ2v) is 2.80. The Morgan fingerprint density at radius 3 is 2.20 bits per heavy atom. The Kier molecular flexibility index (Phi) is 1.68. The fourth-order valence-corrected chi connectivity index (χ4v) is 1.09. The van der Waals surface area contributed by atoms with Gasteiger partial charge < -0.3 is 10.5 Å². The third kappa shape index (κ3) is 0.914. The second-order valence-electron chi connectivity index (χ2n) is 2.80. The van der Waals surface area contributed by atoms with Crippen molar-refractivity contribution in [3.8, 4) is 0 Å². The van der Waals surface area contributed by atoms with Crippen LogP contribution in [-0.4, -0.2) is 26.2 Å². The smallest absolute Gasteiger partial charge is 0.258 e. The van der Waals surface area contributed by atoms with Crippen LogP contribution >= 0.6 is 0 Å². The zero-order chi connectivity index (χ0) is 7.83. The maximum Gasteiger partial charge on any atom is 0.258 e. The van der Waals surface area contributed by atoms with Crippen LogP contribution in [0, 0.1) is 5.41 Å². The minimum absolute atomic E-state index is 0.00778. The number of hydrogen-bond acceptors (Lipinski definition) is 2. The minimum Gasteiger partial charge on any atom is -0.384 e. The number of halogens is 2. The molecule has 1 fully saturated rings. The van der Waals surface area contributed by atoms with E-state index in [1.54, 1.807) is 0 Å². The van der Waals surface area contributed by atoms with Gasteiger partial charge in [0.2, 0.25) is 0 Å². The van der Waals surface area contributed by atoms with Crippen molar-refractivity contribution in [2.24, 2.45) is 11.1 Å². The number of nitrogens with two attached hydrogens (primary N) is 1. The number of ether oxygens (including phenoxy) is 1. The maximum atomic E-state index is 12.5. The minimum atomic E-state index is -2.59. The predicted octanol–water partition coefficient (Wildman–Crippen LogP) is 0.617. The van der Waals surface area contributed by atoms with Crippen molar-refractivity contribution in [1.29, 1.82) is 0 Å². The van der Waals surface area contributed by atoms with Crippen molar-refractivity contribution in [3.05, 3.63) is 0 Å². The second kappa shape index (κ2) is 2.13. The number of methoxy groups -OCH3 is 1. The van der Waals surface area contributed by atoms with E-state index >= 15 is 0 Å². The zero-order valence-electron chi connectivity index (χ0n) is 5.86. The Balaban J connectivity index is 2.50. The third-order valence-corrected chi connectivity index (χ3v) is 2.02. The topological polar surface area (TPSA) is 35.2 Å². The Morgan fingerprint density at radius 1 is 1.60 bits per heavy atom. The molecule has 1 saturated carbocycles. The van der Waals surface area contributed by atoms with Crippen molar-refractivity contribution < 1.29 is 13.5 Å². The molecule has 60 valence electrons. The summed E-state index contributed by atoms with van der Waals surface area (Å²) in [6.45, 7) is 0.0737. The maximum absolute atomic E-state index is 12.5. The zero-order valence-corrected chi connectivity index (χ0v) is 5.86. The summed E-state index contributed by atoms with van der Waals surface area (Å²) in [6.07, 6.45) is -0.121. The number of hydrogen-bond donors (Lipinski definition) is 1. The van der Waals surface area contributed by atoms with Gasteiger partial charge in [-0.1, -0.05) is 0 Å². The van der Waals surface area contributed by atoms with Crippen molar-refractivity contribution in [2.45, 2.75) is 12.3 Å². The van der Waals surface area contributed by atoms with E-state index < -0.39 is 11.3 Å². The van der Waals surface area contributed by atoms with E-state index in [9.17, 15) is 8.78 Å². The first-order chi connectivity index (χ1) is 4.58. The van der Waals surface area contributed by atoms with Crippen LogP contribution in [0.25, 0.3) is 0 Å². The van der Waals surface area contributed by atoms with Gasteiger partial charge in [0.1, 0.15) is 0 Å².